The predicted molar refractivity (Wildman–Crippen MR) is 138 cm³/mol. The Morgan fingerprint density at radius 1 is 0.941 bits per heavy atom. The van der Waals surface area contributed by atoms with E-state index >= 15 is 0 Å². The van der Waals surface area contributed by atoms with E-state index in [1.54, 1.807) is 11.8 Å². The summed E-state index contributed by atoms with van der Waals surface area (Å²) in [6.45, 7) is 7.09. The molecule has 5 nitrogen and oxygen atoms in total. The van der Waals surface area contributed by atoms with Crippen molar-refractivity contribution >= 4 is 34.5 Å². The highest BCUT2D eigenvalue weighted by Crippen LogP contribution is 2.25. The van der Waals surface area contributed by atoms with Crippen LogP contribution in [-0.4, -0.2) is 58.8 Å². The second-order valence-corrected chi connectivity index (χ2v) is 10.7. The smallest absolute Gasteiger partial charge is 0.410 e. The summed E-state index contributed by atoms with van der Waals surface area (Å²) in [5.41, 5.74) is 0.150. The number of carbonyl (C=O) groups excluding carboxylic acids is 2. The van der Waals surface area contributed by atoms with Crippen molar-refractivity contribution in [3.8, 4) is 0 Å². The quantitative estimate of drug-likeness (QED) is 0.419. The third-order valence-corrected chi connectivity index (χ3v) is 6.93. The van der Waals surface area contributed by atoms with E-state index in [4.69, 9.17) is 4.74 Å². The number of thioether (sulfide) groups is 1. The Labute approximate surface area is 206 Å². The van der Waals surface area contributed by atoms with E-state index < -0.39 is 5.60 Å². The number of hydrogen-bond donors (Lipinski definition) is 0. The molecule has 1 heterocycles. The lowest BCUT2D eigenvalue weighted by Crippen LogP contribution is -2.57. The van der Waals surface area contributed by atoms with Gasteiger partial charge in [-0.3, -0.25) is 4.79 Å². The molecule has 0 spiro atoms. The summed E-state index contributed by atoms with van der Waals surface area (Å²) in [6, 6.07) is 24.0. The molecule has 1 saturated heterocycles. The summed E-state index contributed by atoms with van der Waals surface area (Å²) < 4.78 is 5.69. The van der Waals surface area contributed by atoms with E-state index in [1.807, 2.05) is 91.2 Å². The number of benzene rings is 3. The van der Waals surface area contributed by atoms with Crippen molar-refractivity contribution in [1.29, 1.82) is 0 Å². The molecule has 1 fully saturated rings. The summed E-state index contributed by atoms with van der Waals surface area (Å²) in [5, 5.41) is 2.01. The molecule has 4 rings (SSSR count). The van der Waals surface area contributed by atoms with E-state index in [0.29, 0.717) is 25.2 Å². The van der Waals surface area contributed by atoms with Gasteiger partial charge in [0.25, 0.3) is 5.91 Å². The Morgan fingerprint density at radius 3 is 2.41 bits per heavy atom. The maximum absolute atomic E-state index is 13.5. The maximum atomic E-state index is 13.5. The highest BCUT2D eigenvalue weighted by Gasteiger charge is 2.35. The van der Waals surface area contributed by atoms with Crippen molar-refractivity contribution in [2.24, 2.45) is 0 Å². The highest BCUT2D eigenvalue weighted by atomic mass is 32.2. The minimum absolute atomic E-state index is 0.0151. The summed E-state index contributed by atoms with van der Waals surface area (Å²) in [7, 11) is 0. The molecule has 2 amide bonds. The lowest BCUT2D eigenvalue weighted by molar-refractivity contribution is -0.000994. The van der Waals surface area contributed by atoms with Gasteiger partial charge in [0.2, 0.25) is 0 Å². The Hall–Kier alpha value is -2.99. The fourth-order valence-electron chi connectivity index (χ4n) is 4.26. The Morgan fingerprint density at radius 2 is 1.65 bits per heavy atom. The van der Waals surface area contributed by atoms with Gasteiger partial charge in [-0.15, -0.1) is 11.8 Å². The molecule has 178 valence electrons. The maximum Gasteiger partial charge on any atom is 0.410 e. The predicted octanol–water partition coefficient (Wildman–Crippen LogP) is 6.08. The molecule has 0 radical (unpaired) electrons. The first-order chi connectivity index (χ1) is 16.3. The van der Waals surface area contributed by atoms with Crippen LogP contribution in [0.4, 0.5) is 4.79 Å². The Kier molecular flexibility index (Phi) is 7.47. The van der Waals surface area contributed by atoms with Gasteiger partial charge in [-0.05, 0) is 56.2 Å². The van der Waals surface area contributed by atoms with E-state index in [1.165, 1.54) is 4.90 Å². The summed E-state index contributed by atoms with van der Waals surface area (Å²) in [5.74, 6) is 0.867. The van der Waals surface area contributed by atoms with Gasteiger partial charge >= 0.3 is 6.09 Å². The van der Waals surface area contributed by atoms with Crippen LogP contribution in [0.25, 0.3) is 10.8 Å². The van der Waals surface area contributed by atoms with E-state index in [2.05, 4.69) is 12.1 Å². The number of piperazine rings is 1. The molecule has 0 aliphatic carbocycles. The van der Waals surface area contributed by atoms with Crippen molar-refractivity contribution in [3.63, 3.8) is 0 Å². The molecule has 0 bridgehead atoms. The second-order valence-electron chi connectivity index (χ2n) is 9.56. The highest BCUT2D eigenvalue weighted by molar-refractivity contribution is 7.99. The van der Waals surface area contributed by atoms with E-state index in [0.717, 1.165) is 22.9 Å². The first kappa shape index (κ1) is 24.1. The van der Waals surface area contributed by atoms with Crippen LogP contribution in [0.15, 0.2) is 77.7 Å². The van der Waals surface area contributed by atoms with Crippen molar-refractivity contribution in [2.45, 2.75) is 43.7 Å². The lowest BCUT2D eigenvalue weighted by Gasteiger charge is -2.42. The molecule has 34 heavy (non-hydrogen) atoms. The van der Waals surface area contributed by atoms with Gasteiger partial charge in [-0.2, -0.15) is 0 Å². The van der Waals surface area contributed by atoms with Gasteiger partial charge in [0.15, 0.2) is 0 Å². The zero-order valence-corrected chi connectivity index (χ0v) is 20.9. The minimum Gasteiger partial charge on any atom is -0.444 e. The van der Waals surface area contributed by atoms with Crippen LogP contribution in [0.2, 0.25) is 0 Å². The minimum atomic E-state index is -0.559. The fourth-order valence-corrected chi connectivity index (χ4v) is 5.23. The monoisotopic (exact) mass is 476 g/mol. The van der Waals surface area contributed by atoms with Gasteiger partial charge < -0.3 is 14.5 Å². The molecule has 3 aromatic rings. The molecule has 1 aliphatic heterocycles. The summed E-state index contributed by atoms with van der Waals surface area (Å²) in [6.07, 6.45) is 0.470. The summed E-state index contributed by atoms with van der Waals surface area (Å²) >= 11 is 1.77. The summed E-state index contributed by atoms with van der Waals surface area (Å²) in [4.78, 5) is 31.4. The third-order valence-electron chi connectivity index (χ3n) is 5.88. The van der Waals surface area contributed by atoms with Gasteiger partial charge in [-0.25, -0.2) is 4.79 Å². The molecule has 0 saturated carbocycles. The lowest BCUT2D eigenvalue weighted by atomic mass is 10.0. The molecule has 3 aromatic carbocycles. The van der Waals surface area contributed by atoms with Crippen molar-refractivity contribution in [2.75, 3.05) is 25.4 Å². The average Bonchev–Trinajstić information content (AvgIpc) is 2.83. The standard InChI is InChI=1S/C28H32N2O3S/c1-28(2,3)33-27(32)30-18-17-29(20-22(30)16-19-34-23-12-5-4-6-13-23)26(31)25-15-9-11-21-10-7-8-14-24(21)25/h4-15,22H,16-20H2,1-3H3. The van der Waals surface area contributed by atoms with Crippen LogP contribution in [0, 0.1) is 0 Å². The largest absolute Gasteiger partial charge is 0.444 e. The molecular weight excluding hydrogens is 444 g/mol. The number of amides is 2. The molecule has 1 unspecified atom stereocenters. The third kappa shape index (κ3) is 5.92. The molecule has 1 atom stereocenters. The molecule has 1 aliphatic rings. The van der Waals surface area contributed by atoms with Crippen molar-refractivity contribution in [3.05, 3.63) is 78.4 Å². The van der Waals surface area contributed by atoms with Gasteiger partial charge in [-0.1, -0.05) is 54.6 Å². The van der Waals surface area contributed by atoms with Crippen LogP contribution in [0.5, 0.6) is 0 Å². The van der Waals surface area contributed by atoms with E-state index in [-0.39, 0.29) is 18.0 Å². The van der Waals surface area contributed by atoms with Crippen molar-refractivity contribution < 1.29 is 14.3 Å². The number of nitrogens with zero attached hydrogens (tertiary/aromatic N) is 2. The number of rotatable bonds is 5. The number of fused-ring (bicyclic) bond motifs is 1. The van der Waals surface area contributed by atoms with Gasteiger partial charge in [0.1, 0.15) is 5.60 Å². The fraction of sp³-hybridized carbons (Fsp3) is 0.357. The number of hydrogen-bond acceptors (Lipinski definition) is 4. The van der Waals surface area contributed by atoms with Crippen molar-refractivity contribution in [1.82, 2.24) is 9.80 Å². The van der Waals surface area contributed by atoms with Crippen LogP contribution < -0.4 is 0 Å². The number of carbonyl (C=O) groups is 2. The topological polar surface area (TPSA) is 49.9 Å². The van der Waals surface area contributed by atoms with Crippen LogP contribution in [0.3, 0.4) is 0 Å². The zero-order valence-electron chi connectivity index (χ0n) is 20.1. The van der Waals surface area contributed by atoms with Crippen LogP contribution in [-0.2, 0) is 4.74 Å². The normalized spacial score (nSPS) is 16.5. The first-order valence-electron chi connectivity index (χ1n) is 11.8. The van der Waals surface area contributed by atoms with Crippen LogP contribution >= 0.6 is 11.8 Å². The molecular formula is C28H32N2O3S. The van der Waals surface area contributed by atoms with Crippen LogP contribution in [0.1, 0.15) is 37.6 Å². The Balaban J connectivity index is 1.51. The Bertz CT molecular complexity index is 1140. The van der Waals surface area contributed by atoms with Gasteiger partial charge in [0.05, 0.1) is 6.04 Å². The first-order valence-corrected chi connectivity index (χ1v) is 12.7. The molecule has 0 aromatic heterocycles. The molecule has 6 heteroatoms. The second kappa shape index (κ2) is 10.5. The van der Waals surface area contributed by atoms with E-state index in [9.17, 15) is 9.59 Å². The zero-order chi connectivity index (χ0) is 24.1. The average molecular weight is 477 g/mol. The SMILES string of the molecule is CC(C)(C)OC(=O)N1CCN(C(=O)c2cccc3ccccc23)CC1CCSc1ccccc1. The number of ether oxygens (including phenoxy) is 1. The molecule has 0 N–H and O–H groups in total. The van der Waals surface area contributed by atoms with Gasteiger partial charge in [0, 0.05) is 35.8 Å².